The number of pyridine rings is 1. The van der Waals surface area contributed by atoms with Gasteiger partial charge in [0.1, 0.15) is 23.6 Å². The topological polar surface area (TPSA) is 98.5 Å². The molecule has 0 spiro atoms. The van der Waals surface area contributed by atoms with Crippen LogP contribution in [0.25, 0.3) is 22.2 Å². The highest BCUT2D eigenvalue weighted by atomic mass is 19.1. The van der Waals surface area contributed by atoms with Crippen molar-refractivity contribution >= 4 is 22.6 Å². The van der Waals surface area contributed by atoms with E-state index in [4.69, 9.17) is 9.72 Å². The predicted octanol–water partition coefficient (Wildman–Crippen LogP) is 4.47. The number of hydrogen-bond acceptors (Lipinski definition) is 8. The van der Waals surface area contributed by atoms with Crippen molar-refractivity contribution in [2.45, 2.75) is 57.0 Å². The number of likely N-dealkylation sites (tertiary alicyclic amines) is 1. The molecular formula is C32H36FN7O2. The van der Waals surface area contributed by atoms with E-state index in [0.29, 0.717) is 43.4 Å². The van der Waals surface area contributed by atoms with Crippen molar-refractivity contribution in [3.8, 4) is 23.3 Å². The number of ether oxygens (including phenoxy) is 1. The molecule has 3 aliphatic rings. The zero-order chi connectivity index (χ0) is 29.4. The number of amides is 1. The van der Waals surface area contributed by atoms with Crippen LogP contribution in [-0.2, 0) is 11.2 Å². The molecule has 218 valence electrons. The van der Waals surface area contributed by atoms with Gasteiger partial charge in [0.2, 0.25) is 5.91 Å². The van der Waals surface area contributed by atoms with E-state index in [1.165, 1.54) is 11.6 Å². The molecule has 10 heteroatoms. The number of fused-ring (bicyclic) bond motifs is 2. The van der Waals surface area contributed by atoms with Crippen molar-refractivity contribution in [3.63, 3.8) is 0 Å². The molecule has 6 rings (SSSR count). The first-order valence-corrected chi connectivity index (χ1v) is 14.8. The first-order chi connectivity index (χ1) is 20.4. The summed E-state index contributed by atoms with van der Waals surface area (Å²) in [7, 11) is 2.07. The molecule has 2 fully saturated rings. The van der Waals surface area contributed by atoms with Gasteiger partial charge in [-0.25, -0.2) is 4.39 Å². The van der Waals surface area contributed by atoms with Crippen LogP contribution >= 0.6 is 0 Å². The molecule has 9 nitrogen and oxygen atoms in total. The molecule has 2 aliphatic heterocycles. The van der Waals surface area contributed by atoms with Gasteiger partial charge in [-0.05, 0) is 62.4 Å². The second-order valence-corrected chi connectivity index (χ2v) is 11.6. The molecule has 3 atom stereocenters. The van der Waals surface area contributed by atoms with Crippen LogP contribution in [0.1, 0.15) is 49.7 Å². The Labute approximate surface area is 245 Å². The summed E-state index contributed by atoms with van der Waals surface area (Å²) in [6, 6.07) is 8.22. The van der Waals surface area contributed by atoms with Gasteiger partial charge in [0, 0.05) is 37.4 Å². The van der Waals surface area contributed by atoms with Gasteiger partial charge in [0.25, 0.3) is 0 Å². The summed E-state index contributed by atoms with van der Waals surface area (Å²) in [6.45, 7) is 8.42. The summed E-state index contributed by atoms with van der Waals surface area (Å²) in [6.07, 6.45) is 7.12. The second kappa shape index (κ2) is 11.6. The minimum absolute atomic E-state index is 0.113. The molecule has 0 radical (unpaired) electrons. The molecular weight excluding hydrogens is 533 g/mol. The average Bonchev–Trinajstić information content (AvgIpc) is 3.60. The molecule has 1 unspecified atom stereocenters. The van der Waals surface area contributed by atoms with E-state index in [-0.39, 0.29) is 41.6 Å². The molecule has 1 aliphatic carbocycles. The number of anilines is 1. The van der Waals surface area contributed by atoms with E-state index in [1.54, 1.807) is 11.1 Å². The number of nitriles is 1. The number of nitrogens with zero attached hydrogens (tertiary/aromatic N) is 7. The Morgan fingerprint density at radius 3 is 2.86 bits per heavy atom. The third-order valence-corrected chi connectivity index (χ3v) is 9.11. The van der Waals surface area contributed by atoms with Crippen molar-refractivity contribution < 1.29 is 13.9 Å². The fourth-order valence-electron chi connectivity index (χ4n) is 6.69. The maximum Gasteiger partial charge on any atom is 0.319 e. The quantitative estimate of drug-likeness (QED) is 0.385. The molecule has 1 aromatic carbocycles. The Balaban J connectivity index is 1.42. The van der Waals surface area contributed by atoms with Crippen LogP contribution in [0.2, 0.25) is 0 Å². The van der Waals surface area contributed by atoms with Crippen LogP contribution in [0.15, 0.2) is 37.1 Å². The van der Waals surface area contributed by atoms with E-state index in [2.05, 4.69) is 47.6 Å². The van der Waals surface area contributed by atoms with E-state index in [1.807, 2.05) is 17.0 Å². The number of halogens is 1. The highest BCUT2D eigenvalue weighted by Crippen LogP contribution is 2.40. The maximum absolute atomic E-state index is 16.5. The highest BCUT2D eigenvalue weighted by Gasteiger charge is 2.32. The van der Waals surface area contributed by atoms with Crippen LogP contribution < -0.4 is 9.64 Å². The number of carbonyl (C=O) groups excluding carboxylic acids is 1. The summed E-state index contributed by atoms with van der Waals surface area (Å²) in [5.41, 5.74) is 3.63. The summed E-state index contributed by atoms with van der Waals surface area (Å²) < 4.78 is 22.7. The first kappa shape index (κ1) is 28.0. The SMILES string of the molecule is C=CC(=O)N1CCN(c2nc(OC[C@@H]3CCCN3C)nc3c(F)c(-c4cccc5c4CCC5C)ncc23)C[C@@H]1CC#N. The Bertz CT molecular complexity index is 1570. The third kappa shape index (κ3) is 5.07. The number of rotatable bonds is 7. The summed E-state index contributed by atoms with van der Waals surface area (Å²) in [5.74, 6) is 0.211. The van der Waals surface area contributed by atoms with Crippen LogP contribution in [0, 0.1) is 17.1 Å². The first-order valence-electron chi connectivity index (χ1n) is 14.8. The van der Waals surface area contributed by atoms with Gasteiger partial charge >= 0.3 is 6.01 Å². The Hall–Kier alpha value is -4.10. The number of likely N-dealkylation sites (N-methyl/N-ethyl adjacent to an activating group) is 1. The Morgan fingerprint density at radius 2 is 2.10 bits per heavy atom. The fourth-order valence-corrected chi connectivity index (χ4v) is 6.69. The lowest BCUT2D eigenvalue weighted by molar-refractivity contribution is -0.128. The smallest absolute Gasteiger partial charge is 0.319 e. The molecule has 2 aromatic heterocycles. The molecule has 0 N–H and O–H groups in total. The molecule has 4 heterocycles. The van der Waals surface area contributed by atoms with Crippen molar-refractivity contribution in [2.75, 3.05) is 44.7 Å². The molecule has 1 amide bonds. The summed E-state index contributed by atoms with van der Waals surface area (Å²) in [4.78, 5) is 32.4. The average molecular weight is 570 g/mol. The van der Waals surface area contributed by atoms with E-state index >= 15 is 4.39 Å². The van der Waals surface area contributed by atoms with Crippen molar-refractivity contribution in [1.29, 1.82) is 5.26 Å². The predicted molar refractivity (Wildman–Crippen MR) is 159 cm³/mol. The molecule has 0 bridgehead atoms. The van der Waals surface area contributed by atoms with Gasteiger partial charge in [0.15, 0.2) is 5.82 Å². The Morgan fingerprint density at radius 1 is 1.24 bits per heavy atom. The number of carbonyl (C=O) groups is 1. The van der Waals surface area contributed by atoms with Gasteiger partial charge in [-0.1, -0.05) is 31.7 Å². The van der Waals surface area contributed by atoms with Crippen LogP contribution in [0.3, 0.4) is 0 Å². The van der Waals surface area contributed by atoms with Crippen molar-refractivity contribution in [3.05, 3.63) is 54.0 Å². The summed E-state index contributed by atoms with van der Waals surface area (Å²) in [5, 5.41) is 9.95. The highest BCUT2D eigenvalue weighted by molar-refractivity contribution is 5.93. The monoisotopic (exact) mass is 569 g/mol. The zero-order valence-corrected chi connectivity index (χ0v) is 24.2. The van der Waals surface area contributed by atoms with Gasteiger partial charge < -0.3 is 19.4 Å². The zero-order valence-electron chi connectivity index (χ0n) is 24.2. The standard InChI is InChI=1S/C32H36FN7O2/c1-4-27(41)40-16-15-39(18-21(40)12-13-34)31-26-17-35-29(25-9-5-8-23-20(2)10-11-24(23)25)28(33)30(26)36-32(37-31)42-19-22-7-6-14-38(22)3/h4-5,8-9,17,20-22H,1,6-7,10-12,14-16,18-19H2,2-3H3/t20?,21-,22-/m0/s1. The van der Waals surface area contributed by atoms with Crippen molar-refractivity contribution in [1.82, 2.24) is 24.8 Å². The van der Waals surface area contributed by atoms with E-state index in [9.17, 15) is 10.1 Å². The van der Waals surface area contributed by atoms with Crippen molar-refractivity contribution in [2.24, 2.45) is 0 Å². The Kier molecular flexibility index (Phi) is 7.78. The van der Waals surface area contributed by atoms with Gasteiger partial charge in [-0.2, -0.15) is 15.2 Å². The second-order valence-electron chi connectivity index (χ2n) is 11.6. The minimum Gasteiger partial charge on any atom is -0.462 e. The molecule has 3 aromatic rings. The third-order valence-electron chi connectivity index (χ3n) is 9.11. The number of hydrogen-bond donors (Lipinski definition) is 0. The molecule has 0 saturated carbocycles. The summed E-state index contributed by atoms with van der Waals surface area (Å²) >= 11 is 0. The van der Waals surface area contributed by atoms with Crippen LogP contribution in [0.4, 0.5) is 10.2 Å². The number of aromatic nitrogens is 3. The van der Waals surface area contributed by atoms with Gasteiger partial charge in [-0.3, -0.25) is 9.78 Å². The molecule has 2 saturated heterocycles. The number of benzene rings is 1. The van der Waals surface area contributed by atoms with E-state index < -0.39 is 5.82 Å². The van der Waals surface area contributed by atoms with Crippen LogP contribution in [-0.4, -0.2) is 82.6 Å². The van der Waals surface area contributed by atoms with E-state index in [0.717, 1.165) is 43.4 Å². The maximum atomic E-state index is 16.5. The molecule has 42 heavy (non-hydrogen) atoms. The normalized spacial score (nSPS) is 22.3. The largest absolute Gasteiger partial charge is 0.462 e. The lowest BCUT2D eigenvalue weighted by atomic mass is 9.97. The lowest BCUT2D eigenvalue weighted by Gasteiger charge is -2.41. The van der Waals surface area contributed by atoms with Gasteiger partial charge in [-0.15, -0.1) is 0 Å². The van der Waals surface area contributed by atoms with Gasteiger partial charge in [0.05, 0.1) is 23.9 Å². The van der Waals surface area contributed by atoms with Crippen LogP contribution in [0.5, 0.6) is 6.01 Å². The lowest BCUT2D eigenvalue weighted by Crippen LogP contribution is -2.55. The number of piperazine rings is 1. The minimum atomic E-state index is -0.499. The fraction of sp³-hybridized carbons (Fsp3) is 0.469.